The predicted octanol–water partition coefficient (Wildman–Crippen LogP) is 2.57. The number of H-pyrrole nitrogens is 1. The van der Waals surface area contributed by atoms with Crippen LogP contribution in [0.25, 0.3) is 10.9 Å². The Morgan fingerprint density at radius 2 is 2.12 bits per heavy atom. The molecule has 0 saturated carbocycles. The SMILES string of the molecule is Cc1cc([N+](=O)[O-])cn(CC(=O)c2c[nH]c3ccc(F)cc23)c1=O. The number of rotatable bonds is 4. The Morgan fingerprint density at radius 1 is 1.38 bits per heavy atom. The Kier molecular flexibility index (Phi) is 3.72. The molecular formula is C16H12FN3O4. The van der Waals surface area contributed by atoms with Crippen molar-refractivity contribution in [2.45, 2.75) is 13.5 Å². The summed E-state index contributed by atoms with van der Waals surface area (Å²) < 4.78 is 14.4. The van der Waals surface area contributed by atoms with E-state index in [1.807, 2.05) is 0 Å². The van der Waals surface area contributed by atoms with E-state index in [1.165, 1.54) is 31.3 Å². The van der Waals surface area contributed by atoms with Gasteiger partial charge < -0.3 is 9.55 Å². The summed E-state index contributed by atoms with van der Waals surface area (Å²) in [7, 11) is 0. The first-order chi connectivity index (χ1) is 11.4. The summed E-state index contributed by atoms with van der Waals surface area (Å²) in [5.74, 6) is -0.937. The number of nitro groups is 1. The van der Waals surface area contributed by atoms with Gasteiger partial charge >= 0.3 is 0 Å². The van der Waals surface area contributed by atoms with Gasteiger partial charge in [-0.15, -0.1) is 0 Å². The summed E-state index contributed by atoms with van der Waals surface area (Å²) in [6.45, 7) is 1.07. The number of Topliss-reactive ketones (excluding diaryl/α,β-unsaturated/α-hetero) is 1. The fraction of sp³-hybridized carbons (Fsp3) is 0.125. The molecule has 0 amide bonds. The number of fused-ring (bicyclic) bond motifs is 1. The standard InChI is InChI=1S/C16H12FN3O4/c1-9-4-11(20(23)24)7-19(16(9)22)8-15(21)13-6-18-14-3-2-10(17)5-12(13)14/h2-7,18H,8H2,1H3. The van der Waals surface area contributed by atoms with E-state index in [9.17, 15) is 24.1 Å². The molecule has 122 valence electrons. The van der Waals surface area contributed by atoms with Crippen LogP contribution in [0.15, 0.2) is 41.5 Å². The lowest BCUT2D eigenvalue weighted by atomic mass is 10.1. The third kappa shape index (κ3) is 2.69. The Bertz CT molecular complexity index is 1040. The first kappa shape index (κ1) is 15.6. The summed E-state index contributed by atoms with van der Waals surface area (Å²) in [5.41, 5.74) is 0.217. The highest BCUT2D eigenvalue weighted by molar-refractivity contribution is 6.07. The minimum absolute atomic E-state index is 0.168. The van der Waals surface area contributed by atoms with Gasteiger partial charge in [-0.1, -0.05) is 0 Å². The van der Waals surface area contributed by atoms with E-state index >= 15 is 0 Å². The number of pyridine rings is 1. The van der Waals surface area contributed by atoms with E-state index in [2.05, 4.69) is 4.98 Å². The van der Waals surface area contributed by atoms with Gasteiger partial charge in [-0.25, -0.2) is 4.39 Å². The first-order valence-corrected chi connectivity index (χ1v) is 7.02. The minimum Gasteiger partial charge on any atom is -0.360 e. The second-order valence-electron chi connectivity index (χ2n) is 5.39. The molecule has 0 unspecified atom stereocenters. The van der Waals surface area contributed by atoms with Crippen LogP contribution in [0.3, 0.4) is 0 Å². The molecule has 8 heteroatoms. The summed E-state index contributed by atoms with van der Waals surface area (Å²) in [6, 6.07) is 5.15. The number of hydrogen-bond donors (Lipinski definition) is 1. The lowest BCUT2D eigenvalue weighted by Crippen LogP contribution is -2.25. The molecule has 3 aromatic rings. The van der Waals surface area contributed by atoms with Crippen molar-refractivity contribution >= 4 is 22.4 Å². The van der Waals surface area contributed by atoms with E-state index < -0.39 is 22.1 Å². The van der Waals surface area contributed by atoms with E-state index in [-0.39, 0.29) is 23.4 Å². The van der Waals surface area contributed by atoms with Crippen molar-refractivity contribution in [3.8, 4) is 0 Å². The third-order valence-corrected chi connectivity index (χ3v) is 3.72. The molecule has 0 saturated heterocycles. The molecule has 24 heavy (non-hydrogen) atoms. The molecule has 0 bridgehead atoms. The molecule has 3 rings (SSSR count). The highest BCUT2D eigenvalue weighted by Crippen LogP contribution is 2.20. The van der Waals surface area contributed by atoms with Gasteiger partial charge in [0.15, 0.2) is 5.78 Å². The number of nitrogens with zero attached hydrogens (tertiary/aromatic N) is 2. The number of halogens is 1. The fourth-order valence-corrected chi connectivity index (χ4v) is 2.55. The lowest BCUT2D eigenvalue weighted by Gasteiger charge is -2.06. The molecule has 0 aliphatic rings. The van der Waals surface area contributed by atoms with E-state index in [1.54, 1.807) is 0 Å². The first-order valence-electron chi connectivity index (χ1n) is 7.02. The number of carbonyl (C=O) groups excluding carboxylic acids is 1. The molecule has 0 radical (unpaired) electrons. The predicted molar refractivity (Wildman–Crippen MR) is 84.7 cm³/mol. The van der Waals surface area contributed by atoms with Crippen LogP contribution in [0, 0.1) is 22.9 Å². The van der Waals surface area contributed by atoms with Crippen LogP contribution in [-0.4, -0.2) is 20.3 Å². The average molecular weight is 329 g/mol. The second kappa shape index (κ2) is 5.73. The summed E-state index contributed by atoms with van der Waals surface area (Å²) in [4.78, 5) is 37.7. The zero-order valence-corrected chi connectivity index (χ0v) is 12.6. The molecule has 0 spiro atoms. The van der Waals surface area contributed by atoms with E-state index in [0.29, 0.717) is 10.9 Å². The summed E-state index contributed by atoms with van der Waals surface area (Å²) >= 11 is 0. The molecule has 1 aromatic carbocycles. The number of ketones is 1. The van der Waals surface area contributed by atoms with Crippen LogP contribution in [0.1, 0.15) is 15.9 Å². The van der Waals surface area contributed by atoms with Crippen molar-refractivity contribution in [1.29, 1.82) is 0 Å². The number of hydrogen-bond acceptors (Lipinski definition) is 4. The van der Waals surface area contributed by atoms with Gasteiger partial charge in [-0.3, -0.25) is 19.7 Å². The van der Waals surface area contributed by atoms with Crippen LogP contribution < -0.4 is 5.56 Å². The number of aryl methyl sites for hydroxylation is 1. The van der Waals surface area contributed by atoms with E-state index in [4.69, 9.17) is 0 Å². The summed E-state index contributed by atoms with van der Waals surface area (Å²) in [5, 5.41) is 11.3. The van der Waals surface area contributed by atoms with Crippen LogP contribution >= 0.6 is 0 Å². The molecule has 1 N–H and O–H groups in total. The number of nitrogens with one attached hydrogen (secondary N) is 1. The van der Waals surface area contributed by atoms with Gasteiger partial charge in [0.2, 0.25) is 0 Å². The van der Waals surface area contributed by atoms with Gasteiger partial charge in [0.1, 0.15) is 5.82 Å². The number of benzene rings is 1. The van der Waals surface area contributed by atoms with Crippen molar-refractivity contribution in [2.24, 2.45) is 0 Å². The molecular weight excluding hydrogens is 317 g/mol. The zero-order valence-electron chi connectivity index (χ0n) is 12.6. The van der Waals surface area contributed by atoms with Crippen LogP contribution in [0.5, 0.6) is 0 Å². The molecule has 0 atom stereocenters. The van der Waals surface area contributed by atoms with Crippen LogP contribution in [0.4, 0.5) is 10.1 Å². The van der Waals surface area contributed by atoms with Crippen LogP contribution in [-0.2, 0) is 6.54 Å². The van der Waals surface area contributed by atoms with Gasteiger partial charge in [-0.2, -0.15) is 0 Å². The molecule has 2 heterocycles. The van der Waals surface area contributed by atoms with Crippen molar-refractivity contribution < 1.29 is 14.1 Å². The zero-order chi connectivity index (χ0) is 17.4. The van der Waals surface area contributed by atoms with Gasteiger partial charge in [0.25, 0.3) is 11.2 Å². The minimum atomic E-state index is -0.630. The largest absolute Gasteiger partial charge is 0.360 e. The number of carbonyl (C=O) groups is 1. The second-order valence-corrected chi connectivity index (χ2v) is 5.39. The quantitative estimate of drug-likeness (QED) is 0.452. The van der Waals surface area contributed by atoms with Gasteiger partial charge in [0, 0.05) is 34.3 Å². The van der Waals surface area contributed by atoms with Crippen molar-refractivity contribution in [2.75, 3.05) is 0 Å². The maximum absolute atomic E-state index is 13.4. The van der Waals surface area contributed by atoms with E-state index in [0.717, 1.165) is 16.8 Å². The summed E-state index contributed by atoms with van der Waals surface area (Å²) in [6.07, 6.45) is 2.46. The molecule has 0 aliphatic carbocycles. The maximum Gasteiger partial charge on any atom is 0.286 e. The number of aromatic nitrogens is 2. The van der Waals surface area contributed by atoms with Crippen molar-refractivity contribution in [1.82, 2.24) is 9.55 Å². The number of aromatic amines is 1. The Balaban J connectivity index is 2.02. The third-order valence-electron chi connectivity index (χ3n) is 3.72. The van der Waals surface area contributed by atoms with Crippen molar-refractivity contribution in [3.63, 3.8) is 0 Å². The smallest absolute Gasteiger partial charge is 0.286 e. The molecule has 0 fully saturated rings. The molecule has 2 aromatic heterocycles. The average Bonchev–Trinajstić information content (AvgIpc) is 2.94. The highest BCUT2D eigenvalue weighted by atomic mass is 19.1. The monoisotopic (exact) mass is 329 g/mol. The van der Waals surface area contributed by atoms with Crippen LogP contribution in [0.2, 0.25) is 0 Å². The topological polar surface area (TPSA) is 98.0 Å². The lowest BCUT2D eigenvalue weighted by molar-refractivity contribution is -0.385. The fourth-order valence-electron chi connectivity index (χ4n) is 2.55. The Labute approximate surface area is 134 Å². The maximum atomic E-state index is 13.4. The Hall–Kier alpha value is -3.29. The normalized spacial score (nSPS) is 10.9. The highest BCUT2D eigenvalue weighted by Gasteiger charge is 2.17. The van der Waals surface area contributed by atoms with Gasteiger partial charge in [0.05, 0.1) is 17.7 Å². The van der Waals surface area contributed by atoms with Gasteiger partial charge in [-0.05, 0) is 25.1 Å². The molecule has 0 aliphatic heterocycles. The van der Waals surface area contributed by atoms with Crippen molar-refractivity contribution in [3.05, 3.63) is 74.1 Å². The molecule has 7 nitrogen and oxygen atoms in total. The Morgan fingerprint density at radius 3 is 2.83 bits per heavy atom.